The summed E-state index contributed by atoms with van der Waals surface area (Å²) in [7, 11) is 0. The second kappa shape index (κ2) is 6.34. The summed E-state index contributed by atoms with van der Waals surface area (Å²) in [4.78, 5) is 0. The maximum Gasteiger partial charge on any atom is 0.123 e. The molecule has 96 valence electrons. The lowest BCUT2D eigenvalue weighted by molar-refractivity contribution is 0.130. The second-order valence-electron chi connectivity index (χ2n) is 4.59. The highest BCUT2D eigenvalue weighted by Crippen LogP contribution is 2.34. The molecule has 1 saturated carbocycles. The van der Waals surface area contributed by atoms with E-state index in [2.05, 4.69) is 5.32 Å². The fourth-order valence-corrected chi connectivity index (χ4v) is 2.22. The molecule has 1 aliphatic carbocycles. The molecule has 0 aliphatic heterocycles. The lowest BCUT2D eigenvalue weighted by Gasteiger charge is -2.42. The summed E-state index contributed by atoms with van der Waals surface area (Å²) in [6, 6.07) is 6.56. The summed E-state index contributed by atoms with van der Waals surface area (Å²) in [5.41, 5.74) is 1.22. The highest BCUT2D eigenvalue weighted by molar-refractivity contribution is 5.85. The van der Waals surface area contributed by atoms with Gasteiger partial charge in [-0.25, -0.2) is 4.39 Å². The van der Waals surface area contributed by atoms with Gasteiger partial charge in [0.25, 0.3) is 0 Å². The van der Waals surface area contributed by atoms with E-state index in [0.29, 0.717) is 0 Å². The van der Waals surface area contributed by atoms with Crippen molar-refractivity contribution >= 4 is 12.4 Å². The molecule has 0 bridgehead atoms. The Morgan fingerprint density at radius 2 is 1.88 bits per heavy atom. The van der Waals surface area contributed by atoms with Crippen LogP contribution in [-0.4, -0.2) is 17.3 Å². The van der Waals surface area contributed by atoms with Crippen molar-refractivity contribution in [2.75, 3.05) is 6.61 Å². The number of benzene rings is 1. The third-order valence-corrected chi connectivity index (χ3v) is 3.48. The Hall–Kier alpha value is -0.640. The van der Waals surface area contributed by atoms with Crippen LogP contribution in [0, 0.1) is 5.82 Å². The van der Waals surface area contributed by atoms with Crippen LogP contribution >= 0.6 is 12.4 Å². The number of aliphatic hydroxyl groups excluding tert-OH is 1. The minimum atomic E-state index is -0.197. The Morgan fingerprint density at radius 3 is 2.35 bits per heavy atom. The predicted octanol–water partition coefficient (Wildman–Crippen LogP) is 2.64. The zero-order chi connectivity index (χ0) is 11.4. The van der Waals surface area contributed by atoms with Gasteiger partial charge < -0.3 is 10.4 Å². The molecule has 2 rings (SSSR count). The molecule has 2 N–H and O–H groups in total. The SMILES string of the molecule is Cl.OCCC1(NCc2ccc(F)cc2)CCC1. The first kappa shape index (κ1) is 14.4. The third kappa shape index (κ3) is 3.66. The fraction of sp³-hybridized carbons (Fsp3) is 0.538. The maximum atomic E-state index is 12.7. The lowest BCUT2D eigenvalue weighted by Crippen LogP contribution is -2.51. The highest BCUT2D eigenvalue weighted by atomic mass is 35.5. The number of nitrogens with one attached hydrogen (secondary N) is 1. The van der Waals surface area contributed by atoms with Crippen LogP contribution in [0.25, 0.3) is 0 Å². The van der Waals surface area contributed by atoms with Crippen LogP contribution in [0.5, 0.6) is 0 Å². The van der Waals surface area contributed by atoms with Gasteiger partial charge in [-0.3, -0.25) is 0 Å². The van der Waals surface area contributed by atoms with E-state index >= 15 is 0 Å². The Labute approximate surface area is 108 Å². The van der Waals surface area contributed by atoms with Crippen LogP contribution in [0.3, 0.4) is 0 Å². The van der Waals surface area contributed by atoms with Crippen LogP contribution < -0.4 is 5.32 Å². The minimum absolute atomic E-state index is 0. The predicted molar refractivity (Wildman–Crippen MR) is 68.8 cm³/mol. The molecule has 0 radical (unpaired) electrons. The summed E-state index contributed by atoms with van der Waals surface area (Å²) in [6.45, 7) is 0.983. The quantitative estimate of drug-likeness (QED) is 0.852. The van der Waals surface area contributed by atoms with Crippen molar-refractivity contribution in [1.29, 1.82) is 0 Å². The van der Waals surface area contributed by atoms with E-state index in [1.54, 1.807) is 12.1 Å². The van der Waals surface area contributed by atoms with Gasteiger partial charge in [-0.1, -0.05) is 12.1 Å². The molecule has 0 spiro atoms. The zero-order valence-electron chi connectivity index (χ0n) is 9.79. The smallest absolute Gasteiger partial charge is 0.123 e. The standard InChI is InChI=1S/C13H18FNO.ClH/c14-12-4-2-11(3-5-12)10-15-13(8-9-16)6-1-7-13;/h2-5,15-16H,1,6-10H2;1H. The largest absolute Gasteiger partial charge is 0.396 e. The Balaban J connectivity index is 0.00000144. The van der Waals surface area contributed by atoms with E-state index in [9.17, 15) is 4.39 Å². The van der Waals surface area contributed by atoms with Crippen molar-refractivity contribution in [1.82, 2.24) is 5.32 Å². The topological polar surface area (TPSA) is 32.3 Å². The molecule has 17 heavy (non-hydrogen) atoms. The fourth-order valence-electron chi connectivity index (χ4n) is 2.22. The van der Waals surface area contributed by atoms with Gasteiger partial charge in [0.15, 0.2) is 0 Å². The normalized spacial score (nSPS) is 17.1. The summed E-state index contributed by atoms with van der Waals surface area (Å²) in [5, 5.41) is 12.5. The van der Waals surface area contributed by atoms with Gasteiger partial charge >= 0.3 is 0 Å². The van der Waals surface area contributed by atoms with E-state index in [1.807, 2.05) is 0 Å². The Bertz CT molecular complexity index is 338. The molecule has 2 nitrogen and oxygen atoms in total. The van der Waals surface area contributed by atoms with Crippen LogP contribution in [0.4, 0.5) is 4.39 Å². The van der Waals surface area contributed by atoms with Gasteiger partial charge in [-0.05, 0) is 43.4 Å². The average Bonchev–Trinajstić information content (AvgIpc) is 2.24. The van der Waals surface area contributed by atoms with Gasteiger partial charge in [0, 0.05) is 18.7 Å². The minimum Gasteiger partial charge on any atom is -0.396 e. The molecule has 0 amide bonds. The van der Waals surface area contributed by atoms with Crippen LogP contribution in [0.1, 0.15) is 31.2 Å². The summed E-state index contributed by atoms with van der Waals surface area (Å²) >= 11 is 0. The van der Waals surface area contributed by atoms with Crippen molar-refractivity contribution in [2.24, 2.45) is 0 Å². The van der Waals surface area contributed by atoms with E-state index < -0.39 is 0 Å². The van der Waals surface area contributed by atoms with Gasteiger partial charge in [0.05, 0.1) is 0 Å². The van der Waals surface area contributed by atoms with Crippen molar-refractivity contribution in [2.45, 2.75) is 37.8 Å². The number of rotatable bonds is 5. The molecule has 4 heteroatoms. The molecule has 0 unspecified atom stereocenters. The molecule has 0 saturated heterocycles. The number of aliphatic hydroxyl groups is 1. The van der Waals surface area contributed by atoms with Gasteiger partial charge in [-0.2, -0.15) is 0 Å². The highest BCUT2D eigenvalue weighted by Gasteiger charge is 2.35. The molecular weight excluding hydrogens is 241 g/mol. The first-order valence-corrected chi connectivity index (χ1v) is 5.84. The molecular formula is C13H19ClFNO. The molecule has 0 aromatic heterocycles. The maximum absolute atomic E-state index is 12.7. The Morgan fingerprint density at radius 1 is 1.24 bits per heavy atom. The number of hydrogen-bond donors (Lipinski definition) is 2. The van der Waals surface area contributed by atoms with Gasteiger partial charge in [-0.15, -0.1) is 12.4 Å². The summed E-state index contributed by atoms with van der Waals surface area (Å²) in [5.74, 6) is -0.197. The van der Waals surface area contributed by atoms with Gasteiger partial charge in [0.1, 0.15) is 5.82 Å². The zero-order valence-corrected chi connectivity index (χ0v) is 10.6. The molecule has 1 fully saturated rings. The monoisotopic (exact) mass is 259 g/mol. The van der Waals surface area contributed by atoms with Crippen molar-refractivity contribution in [3.63, 3.8) is 0 Å². The third-order valence-electron chi connectivity index (χ3n) is 3.48. The summed E-state index contributed by atoms with van der Waals surface area (Å²) < 4.78 is 12.7. The van der Waals surface area contributed by atoms with Gasteiger partial charge in [0.2, 0.25) is 0 Å². The van der Waals surface area contributed by atoms with Crippen molar-refractivity contribution in [3.05, 3.63) is 35.6 Å². The van der Waals surface area contributed by atoms with E-state index in [1.165, 1.54) is 18.6 Å². The molecule has 1 aromatic carbocycles. The average molecular weight is 260 g/mol. The second-order valence-corrected chi connectivity index (χ2v) is 4.59. The van der Waals surface area contributed by atoms with E-state index in [4.69, 9.17) is 5.11 Å². The van der Waals surface area contributed by atoms with Crippen molar-refractivity contribution in [3.8, 4) is 0 Å². The number of hydrogen-bond acceptors (Lipinski definition) is 2. The molecule has 1 aromatic rings. The first-order valence-electron chi connectivity index (χ1n) is 5.84. The molecule has 0 atom stereocenters. The Kier molecular flexibility index (Phi) is 5.37. The summed E-state index contributed by atoms with van der Waals surface area (Å²) in [6.07, 6.45) is 4.31. The van der Waals surface area contributed by atoms with E-state index in [-0.39, 0.29) is 30.4 Å². The van der Waals surface area contributed by atoms with Crippen LogP contribution in [-0.2, 0) is 6.54 Å². The van der Waals surface area contributed by atoms with Crippen LogP contribution in [0.15, 0.2) is 24.3 Å². The number of halogens is 2. The first-order chi connectivity index (χ1) is 7.74. The molecule has 0 heterocycles. The van der Waals surface area contributed by atoms with Crippen LogP contribution in [0.2, 0.25) is 0 Å². The molecule has 1 aliphatic rings. The lowest BCUT2D eigenvalue weighted by atomic mass is 9.74. The van der Waals surface area contributed by atoms with E-state index in [0.717, 1.165) is 31.4 Å². The van der Waals surface area contributed by atoms with Crippen molar-refractivity contribution < 1.29 is 9.50 Å².